The Morgan fingerprint density at radius 2 is 1.79 bits per heavy atom. The Labute approximate surface area is 169 Å². The molecule has 150 valence electrons. The van der Waals surface area contributed by atoms with Gasteiger partial charge in [-0.25, -0.2) is 18.4 Å². The molecule has 0 aliphatic rings. The molecule has 2 aromatic carbocycles. The number of aliphatic hydroxyl groups is 1. The minimum atomic E-state index is -3.83. The van der Waals surface area contributed by atoms with Gasteiger partial charge in [-0.15, -0.1) is 0 Å². The van der Waals surface area contributed by atoms with Crippen LogP contribution in [0.15, 0.2) is 66.3 Å². The monoisotopic (exact) mass is 411 g/mol. The number of aromatic nitrogens is 2. The fourth-order valence-corrected chi connectivity index (χ4v) is 3.41. The molecule has 1 heterocycles. The third-order valence-electron chi connectivity index (χ3n) is 3.96. The second-order valence-corrected chi connectivity index (χ2v) is 7.77. The lowest BCUT2D eigenvalue weighted by Crippen LogP contribution is -2.13. The molecule has 0 aliphatic carbocycles. The Hall–Kier alpha value is -3.23. The summed E-state index contributed by atoms with van der Waals surface area (Å²) in [6.07, 6.45) is 2.71. The van der Waals surface area contributed by atoms with Crippen LogP contribution in [-0.2, 0) is 10.0 Å². The summed E-state index contributed by atoms with van der Waals surface area (Å²) in [6.45, 7) is 1.78. The number of ether oxygens (including phenoxy) is 1. The van der Waals surface area contributed by atoms with Gasteiger partial charge in [0.2, 0.25) is 5.88 Å². The molecule has 29 heavy (non-hydrogen) atoms. The number of hydrogen-bond donors (Lipinski definition) is 2. The molecule has 0 radical (unpaired) electrons. The molecule has 0 unspecified atom stereocenters. The third kappa shape index (κ3) is 5.63. The van der Waals surface area contributed by atoms with E-state index >= 15 is 0 Å². The van der Waals surface area contributed by atoms with Gasteiger partial charge in [0.1, 0.15) is 12.9 Å². The van der Waals surface area contributed by atoms with E-state index in [4.69, 9.17) is 9.84 Å². The quantitative estimate of drug-likeness (QED) is 0.590. The van der Waals surface area contributed by atoms with Crippen LogP contribution >= 0.6 is 0 Å². The first-order chi connectivity index (χ1) is 14.0. The molecule has 0 saturated heterocycles. The molecule has 1 aromatic heterocycles. The standard InChI is InChI=1S/C21H21N3O4S/c1-16-7-9-18(10-8-16)19-20(22-15-23-21(19)28-13-12-25)24-29(26,27)14-11-17-5-3-2-4-6-17/h2-11,14-15,25H,12-13H2,1H3,(H,22,23,24). The number of benzene rings is 2. The van der Waals surface area contributed by atoms with E-state index in [1.54, 1.807) is 12.1 Å². The highest BCUT2D eigenvalue weighted by Gasteiger charge is 2.18. The summed E-state index contributed by atoms with van der Waals surface area (Å²) in [5.41, 5.74) is 2.90. The van der Waals surface area contributed by atoms with E-state index in [1.807, 2.05) is 49.4 Å². The second-order valence-electron chi connectivity index (χ2n) is 6.20. The lowest BCUT2D eigenvalue weighted by atomic mass is 10.1. The predicted octanol–water partition coefficient (Wildman–Crippen LogP) is 3.24. The average Bonchev–Trinajstić information content (AvgIpc) is 2.72. The summed E-state index contributed by atoms with van der Waals surface area (Å²) in [5.74, 6) is 0.275. The number of aryl methyl sites for hydroxylation is 1. The number of rotatable bonds is 8. The largest absolute Gasteiger partial charge is 0.475 e. The van der Waals surface area contributed by atoms with Crippen LogP contribution in [0.4, 0.5) is 5.82 Å². The van der Waals surface area contributed by atoms with Crippen molar-refractivity contribution in [2.75, 3.05) is 17.9 Å². The third-order valence-corrected chi connectivity index (χ3v) is 4.93. The van der Waals surface area contributed by atoms with E-state index in [0.29, 0.717) is 11.1 Å². The summed E-state index contributed by atoms with van der Waals surface area (Å²) in [4.78, 5) is 8.21. The van der Waals surface area contributed by atoms with Crippen LogP contribution in [-0.4, -0.2) is 36.7 Å². The Morgan fingerprint density at radius 3 is 2.48 bits per heavy atom. The second kappa shape index (κ2) is 9.31. The van der Waals surface area contributed by atoms with Crippen molar-refractivity contribution < 1.29 is 18.3 Å². The summed E-state index contributed by atoms with van der Waals surface area (Å²) in [5, 5.41) is 10.2. The zero-order valence-corrected chi connectivity index (χ0v) is 16.6. The number of anilines is 1. The van der Waals surface area contributed by atoms with E-state index < -0.39 is 10.0 Å². The first kappa shape index (κ1) is 20.5. The van der Waals surface area contributed by atoms with Gasteiger partial charge >= 0.3 is 0 Å². The zero-order valence-electron chi connectivity index (χ0n) is 15.8. The summed E-state index contributed by atoms with van der Waals surface area (Å²) in [6, 6.07) is 16.6. The van der Waals surface area contributed by atoms with Gasteiger partial charge in [-0.05, 0) is 24.1 Å². The van der Waals surface area contributed by atoms with Crippen LogP contribution in [0, 0.1) is 6.92 Å². The molecular weight excluding hydrogens is 390 g/mol. The van der Waals surface area contributed by atoms with Crippen LogP contribution in [0.3, 0.4) is 0 Å². The van der Waals surface area contributed by atoms with Crippen molar-refractivity contribution in [2.45, 2.75) is 6.92 Å². The minimum Gasteiger partial charge on any atom is -0.475 e. The average molecular weight is 411 g/mol. The topological polar surface area (TPSA) is 101 Å². The van der Waals surface area contributed by atoms with Crippen molar-refractivity contribution in [1.29, 1.82) is 0 Å². The summed E-state index contributed by atoms with van der Waals surface area (Å²) < 4.78 is 33.2. The van der Waals surface area contributed by atoms with Crippen LogP contribution in [0.1, 0.15) is 11.1 Å². The molecule has 3 aromatic rings. The molecule has 0 bridgehead atoms. The number of nitrogens with zero attached hydrogens (tertiary/aromatic N) is 2. The van der Waals surface area contributed by atoms with Gasteiger partial charge in [-0.2, -0.15) is 0 Å². The fourth-order valence-electron chi connectivity index (χ4n) is 2.58. The van der Waals surface area contributed by atoms with Crippen LogP contribution in [0.2, 0.25) is 0 Å². The predicted molar refractivity (Wildman–Crippen MR) is 113 cm³/mol. The van der Waals surface area contributed by atoms with E-state index in [9.17, 15) is 8.42 Å². The summed E-state index contributed by atoms with van der Waals surface area (Å²) in [7, 11) is -3.83. The van der Waals surface area contributed by atoms with Crippen LogP contribution in [0.25, 0.3) is 17.2 Å². The fraction of sp³-hybridized carbons (Fsp3) is 0.143. The number of sulfonamides is 1. The van der Waals surface area contributed by atoms with Crippen molar-refractivity contribution in [3.8, 4) is 17.0 Å². The molecule has 8 heteroatoms. The molecular formula is C21H21N3O4S. The van der Waals surface area contributed by atoms with Gasteiger partial charge in [0.15, 0.2) is 5.82 Å². The van der Waals surface area contributed by atoms with Gasteiger partial charge in [0.25, 0.3) is 10.0 Å². The Morgan fingerprint density at radius 1 is 1.07 bits per heavy atom. The van der Waals surface area contributed by atoms with Crippen LogP contribution < -0.4 is 9.46 Å². The van der Waals surface area contributed by atoms with E-state index in [1.165, 1.54) is 12.4 Å². The van der Waals surface area contributed by atoms with Gasteiger partial charge in [-0.1, -0.05) is 60.2 Å². The SMILES string of the molecule is Cc1ccc(-c2c(NS(=O)(=O)C=Cc3ccccc3)ncnc2OCCO)cc1. The molecule has 0 amide bonds. The highest BCUT2D eigenvalue weighted by atomic mass is 32.2. The number of aliphatic hydroxyl groups excluding tert-OH is 1. The first-order valence-electron chi connectivity index (χ1n) is 8.90. The van der Waals surface area contributed by atoms with Gasteiger partial charge in [0, 0.05) is 0 Å². The Bertz CT molecular complexity index is 1080. The maximum Gasteiger partial charge on any atom is 0.256 e. The molecule has 3 rings (SSSR count). The van der Waals surface area contributed by atoms with Gasteiger partial charge in [-0.3, -0.25) is 4.72 Å². The smallest absolute Gasteiger partial charge is 0.256 e. The van der Waals surface area contributed by atoms with E-state index in [2.05, 4.69) is 14.7 Å². The highest BCUT2D eigenvalue weighted by Crippen LogP contribution is 2.34. The minimum absolute atomic E-state index is 0.0238. The maximum absolute atomic E-state index is 12.6. The molecule has 0 spiro atoms. The van der Waals surface area contributed by atoms with Gasteiger partial charge in [0.05, 0.1) is 17.6 Å². The molecule has 0 atom stereocenters. The lowest BCUT2D eigenvalue weighted by molar-refractivity contribution is 0.197. The molecule has 0 saturated carbocycles. The van der Waals surface area contributed by atoms with Crippen molar-refractivity contribution in [3.05, 3.63) is 77.5 Å². The van der Waals surface area contributed by atoms with Crippen molar-refractivity contribution in [3.63, 3.8) is 0 Å². The van der Waals surface area contributed by atoms with Crippen molar-refractivity contribution >= 4 is 21.9 Å². The van der Waals surface area contributed by atoms with Crippen molar-refractivity contribution in [1.82, 2.24) is 9.97 Å². The highest BCUT2D eigenvalue weighted by molar-refractivity contribution is 7.95. The molecule has 2 N–H and O–H groups in total. The molecule has 0 aliphatic heterocycles. The Balaban J connectivity index is 1.97. The summed E-state index contributed by atoms with van der Waals surface area (Å²) >= 11 is 0. The lowest BCUT2D eigenvalue weighted by Gasteiger charge is -2.14. The molecule has 7 nitrogen and oxygen atoms in total. The molecule has 0 fully saturated rings. The number of hydrogen-bond acceptors (Lipinski definition) is 6. The maximum atomic E-state index is 12.6. The van der Waals surface area contributed by atoms with E-state index in [-0.39, 0.29) is 24.9 Å². The van der Waals surface area contributed by atoms with Crippen LogP contribution in [0.5, 0.6) is 5.88 Å². The number of nitrogens with one attached hydrogen (secondary N) is 1. The Kier molecular flexibility index (Phi) is 6.58. The van der Waals surface area contributed by atoms with E-state index in [0.717, 1.165) is 16.5 Å². The van der Waals surface area contributed by atoms with Gasteiger partial charge < -0.3 is 9.84 Å². The zero-order chi connectivity index (χ0) is 20.7. The van der Waals surface area contributed by atoms with Crippen molar-refractivity contribution in [2.24, 2.45) is 0 Å². The normalized spacial score (nSPS) is 11.5. The first-order valence-corrected chi connectivity index (χ1v) is 10.4.